The van der Waals surface area contributed by atoms with Gasteiger partial charge in [-0.2, -0.15) is 4.98 Å². The van der Waals surface area contributed by atoms with Crippen LogP contribution >= 0.6 is 0 Å². The van der Waals surface area contributed by atoms with Gasteiger partial charge in [-0.3, -0.25) is 9.78 Å². The van der Waals surface area contributed by atoms with E-state index in [1.807, 2.05) is 36.4 Å². The Hall–Kier alpha value is -3.80. The first-order valence-electron chi connectivity index (χ1n) is 8.01. The lowest BCUT2D eigenvalue weighted by atomic mass is 10.1. The highest BCUT2D eigenvalue weighted by atomic mass is 16.5. The van der Waals surface area contributed by atoms with Crippen molar-refractivity contribution in [2.24, 2.45) is 0 Å². The highest BCUT2D eigenvalue weighted by Gasteiger charge is 2.18. The highest BCUT2D eigenvalue weighted by Crippen LogP contribution is 2.25. The normalized spacial score (nSPS) is 10.5. The Morgan fingerprint density at radius 3 is 2.54 bits per heavy atom. The zero-order valence-electron chi connectivity index (χ0n) is 13.7. The van der Waals surface area contributed by atoms with E-state index in [-0.39, 0.29) is 5.91 Å². The van der Waals surface area contributed by atoms with Gasteiger partial charge in [0.1, 0.15) is 0 Å². The minimum atomic E-state index is -0.270. The average Bonchev–Trinajstić information content (AvgIpc) is 3.19. The zero-order chi connectivity index (χ0) is 17.8. The van der Waals surface area contributed by atoms with Crippen molar-refractivity contribution in [1.29, 1.82) is 0 Å². The SMILES string of the molecule is O=C(Nc1cccnc1)c1ccccc1-c1nc(-c2ccccc2)no1. The molecular weight excluding hydrogens is 328 g/mol. The van der Waals surface area contributed by atoms with Crippen LogP contribution in [0.1, 0.15) is 10.4 Å². The molecule has 4 rings (SSSR count). The van der Waals surface area contributed by atoms with Crippen LogP contribution in [-0.4, -0.2) is 21.0 Å². The lowest BCUT2D eigenvalue weighted by Crippen LogP contribution is -2.13. The minimum Gasteiger partial charge on any atom is -0.334 e. The molecule has 4 aromatic rings. The third-order valence-electron chi connectivity index (χ3n) is 3.78. The molecule has 2 heterocycles. The molecule has 0 fully saturated rings. The van der Waals surface area contributed by atoms with Crippen LogP contribution in [0.2, 0.25) is 0 Å². The fourth-order valence-electron chi connectivity index (χ4n) is 2.54. The lowest BCUT2D eigenvalue weighted by Gasteiger charge is -2.07. The fourth-order valence-corrected chi connectivity index (χ4v) is 2.54. The summed E-state index contributed by atoms with van der Waals surface area (Å²) in [7, 11) is 0. The number of nitrogens with one attached hydrogen (secondary N) is 1. The number of rotatable bonds is 4. The maximum atomic E-state index is 12.7. The predicted octanol–water partition coefficient (Wildman–Crippen LogP) is 4.05. The van der Waals surface area contributed by atoms with Crippen LogP contribution in [0, 0.1) is 0 Å². The van der Waals surface area contributed by atoms with Crippen LogP contribution in [0.25, 0.3) is 22.8 Å². The summed E-state index contributed by atoms with van der Waals surface area (Å²) < 4.78 is 5.39. The second kappa shape index (κ2) is 6.98. The molecule has 0 radical (unpaired) electrons. The first kappa shape index (κ1) is 15.7. The van der Waals surface area contributed by atoms with Crippen molar-refractivity contribution in [3.8, 4) is 22.8 Å². The Labute approximate surface area is 149 Å². The van der Waals surface area contributed by atoms with E-state index in [0.717, 1.165) is 5.56 Å². The number of aromatic nitrogens is 3. The van der Waals surface area contributed by atoms with Crippen molar-refractivity contribution in [1.82, 2.24) is 15.1 Å². The van der Waals surface area contributed by atoms with E-state index in [1.54, 1.807) is 42.7 Å². The number of benzene rings is 2. The van der Waals surface area contributed by atoms with Crippen LogP contribution < -0.4 is 5.32 Å². The number of anilines is 1. The van der Waals surface area contributed by atoms with E-state index in [0.29, 0.717) is 28.5 Å². The van der Waals surface area contributed by atoms with Gasteiger partial charge in [-0.05, 0) is 24.3 Å². The summed E-state index contributed by atoms with van der Waals surface area (Å²) >= 11 is 0. The van der Waals surface area contributed by atoms with E-state index >= 15 is 0 Å². The van der Waals surface area contributed by atoms with Crippen LogP contribution in [0.15, 0.2) is 83.6 Å². The molecule has 0 atom stereocenters. The van der Waals surface area contributed by atoms with Gasteiger partial charge in [-0.25, -0.2) is 0 Å². The lowest BCUT2D eigenvalue weighted by molar-refractivity contribution is 0.102. The van der Waals surface area contributed by atoms with Gasteiger partial charge < -0.3 is 9.84 Å². The molecular formula is C20H14N4O2. The van der Waals surface area contributed by atoms with Crippen molar-refractivity contribution in [3.63, 3.8) is 0 Å². The number of hydrogen-bond acceptors (Lipinski definition) is 5. The van der Waals surface area contributed by atoms with Crippen molar-refractivity contribution < 1.29 is 9.32 Å². The zero-order valence-corrected chi connectivity index (χ0v) is 13.7. The molecule has 0 saturated carbocycles. The summed E-state index contributed by atoms with van der Waals surface area (Å²) in [6.45, 7) is 0. The molecule has 0 aliphatic carbocycles. The molecule has 0 spiro atoms. The first-order valence-corrected chi connectivity index (χ1v) is 8.01. The van der Waals surface area contributed by atoms with Gasteiger partial charge in [0.2, 0.25) is 5.82 Å². The molecule has 0 aliphatic rings. The van der Waals surface area contributed by atoms with Gasteiger partial charge in [-0.1, -0.05) is 47.6 Å². The Kier molecular flexibility index (Phi) is 4.22. The number of amides is 1. The van der Waals surface area contributed by atoms with E-state index in [4.69, 9.17) is 4.52 Å². The number of carbonyl (C=O) groups is 1. The maximum Gasteiger partial charge on any atom is 0.259 e. The second-order valence-electron chi connectivity index (χ2n) is 5.53. The molecule has 1 N–H and O–H groups in total. The molecule has 0 bridgehead atoms. The summed E-state index contributed by atoms with van der Waals surface area (Å²) in [5, 5.41) is 6.83. The Morgan fingerprint density at radius 1 is 0.923 bits per heavy atom. The van der Waals surface area contributed by atoms with Gasteiger partial charge in [0.25, 0.3) is 11.8 Å². The van der Waals surface area contributed by atoms with Crippen molar-refractivity contribution >= 4 is 11.6 Å². The Bertz CT molecular complexity index is 1030. The minimum absolute atomic E-state index is 0.270. The third-order valence-corrected chi connectivity index (χ3v) is 3.78. The molecule has 2 aromatic heterocycles. The fraction of sp³-hybridized carbons (Fsp3) is 0. The largest absolute Gasteiger partial charge is 0.334 e. The molecule has 6 heteroatoms. The number of pyridine rings is 1. The topological polar surface area (TPSA) is 80.9 Å². The van der Waals surface area contributed by atoms with E-state index < -0.39 is 0 Å². The van der Waals surface area contributed by atoms with Crippen molar-refractivity contribution in [2.45, 2.75) is 0 Å². The van der Waals surface area contributed by atoms with Crippen LogP contribution in [0.4, 0.5) is 5.69 Å². The third kappa shape index (κ3) is 3.21. The van der Waals surface area contributed by atoms with Crippen LogP contribution in [0.3, 0.4) is 0 Å². The maximum absolute atomic E-state index is 12.7. The monoisotopic (exact) mass is 342 g/mol. The molecule has 26 heavy (non-hydrogen) atoms. The molecule has 0 aliphatic heterocycles. The summed E-state index contributed by atoms with van der Waals surface area (Å²) in [5.41, 5.74) is 2.48. The highest BCUT2D eigenvalue weighted by molar-refractivity contribution is 6.08. The van der Waals surface area contributed by atoms with E-state index in [1.165, 1.54) is 0 Å². The molecule has 126 valence electrons. The molecule has 0 saturated heterocycles. The Balaban J connectivity index is 1.66. The summed E-state index contributed by atoms with van der Waals surface area (Å²) in [6, 6.07) is 20.2. The van der Waals surface area contributed by atoms with Crippen molar-refractivity contribution in [3.05, 3.63) is 84.7 Å². The number of nitrogens with zero attached hydrogens (tertiary/aromatic N) is 3. The summed E-state index contributed by atoms with van der Waals surface area (Å²) in [6.07, 6.45) is 3.23. The first-order chi connectivity index (χ1) is 12.8. The van der Waals surface area contributed by atoms with Gasteiger partial charge in [0, 0.05) is 11.8 Å². The standard InChI is InChI=1S/C20H14N4O2/c25-19(22-15-9-6-12-21-13-15)16-10-4-5-11-17(16)20-23-18(24-26-20)14-7-2-1-3-8-14/h1-13H,(H,22,25). The molecule has 1 amide bonds. The van der Waals surface area contributed by atoms with Gasteiger partial charge in [-0.15, -0.1) is 0 Å². The van der Waals surface area contributed by atoms with E-state index in [9.17, 15) is 4.79 Å². The quantitative estimate of drug-likeness (QED) is 0.605. The van der Waals surface area contributed by atoms with Crippen molar-refractivity contribution in [2.75, 3.05) is 5.32 Å². The van der Waals surface area contributed by atoms with Gasteiger partial charge >= 0.3 is 0 Å². The summed E-state index contributed by atoms with van der Waals surface area (Å²) in [5.74, 6) is 0.497. The Morgan fingerprint density at radius 2 is 1.73 bits per heavy atom. The summed E-state index contributed by atoms with van der Waals surface area (Å²) in [4.78, 5) is 21.1. The smallest absolute Gasteiger partial charge is 0.259 e. The van der Waals surface area contributed by atoms with Crippen LogP contribution in [0.5, 0.6) is 0 Å². The number of hydrogen-bond donors (Lipinski definition) is 1. The van der Waals surface area contributed by atoms with E-state index in [2.05, 4.69) is 20.4 Å². The average molecular weight is 342 g/mol. The second-order valence-corrected chi connectivity index (χ2v) is 5.53. The number of carbonyl (C=O) groups excluding carboxylic acids is 1. The molecule has 0 unspecified atom stereocenters. The molecule has 2 aromatic carbocycles. The van der Waals surface area contributed by atoms with Crippen LogP contribution in [-0.2, 0) is 0 Å². The van der Waals surface area contributed by atoms with Gasteiger partial charge in [0.05, 0.1) is 23.0 Å². The van der Waals surface area contributed by atoms with Gasteiger partial charge in [0.15, 0.2) is 0 Å². The predicted molar refractivity (Wildman–Crippen MR) is 97.4 cm³/mol. The molecule has 6 nitrogen and oxygen atoms in total.